The number of nitriles is 1. The minimum Gasteiger partial charge on any atom is -0.480 e. The second-order valence-corrected chi connectivity index (χ2v) is 8.72. The van der Waals surface area contributed by atoms with E-state index in [0.717, 1.165) is 5.56 Å². The maximum atomic E-state index is 13.1. The lowest BCUT2D eigenvalue weighted by molar-refractivity contribution is -0.141. The van der Waals surface area contributed by atoms with Crippen molar-refractivity contribution in [3.63, 3.8) is 0 Å². The average Bonchev–Trinajstić information content (AvgIpc) is 3.15. The highest BCUT2D eigenvalue weighted by Crippen LogP contribution is 2.64. The highest BCUT2D eigenvalue weighted by Gasteiger charge is 2.77. The van der Waals surface area contributed by atoms with Crippen molar-refractivity contribution in [3.8, 4) is 17.6 Å². The van der Waals surface area contributed by atoms with Gasteiger partial charge in [-0.2, -0.15) is 5.26 Å². The number of aliphatic carboxylic acids is 1. The summed E-state index contributed by atoms with van der Waals surface area (Å²) in [4.78, 5) is 11.9. The molecule has 138 valence electrons. The Morgan fingerprint density at radius 2 is 1.85 bits per heavy atom. The highest BCUT2D eigenvalue weighted by atomic mass is 32.2. The molecule has 0 amide bonds. The smallest absolute Gasteiger partial charge is 0.326 e. The van der Waals surface area contributed by atoms with Gasteiger partial charge in [0.15, 0.2) is 26.8 Å². The number of rotatable bonds is 4. The van der Waals surface area contributed by atoms with Gasteiger partial charge < -0.3 is 14.6 Å². The number of nitrogens with zero attached hydrogens (tertiary/aromatic N) is 1. The van der Waals surface area contributed by atoms with Gasteiger partial charge in [0.05, 0.1) is 11.0 Å². The Labute approximate surface area is 155 Å². The van der Waals surface area contributed by atoms with E-state index >= 15 is 0 Å². The van der Waals surface area contributed by atoms with Gasteiger partial charge in [0.25, 0.3) is 0 Å². The average molecular weight is 385 g/mol. The number of ether oxygens (including phenoxy) is 2. The monoisotopic (exact) mass is 385 g/mol. The molecule has 0 spiro atoms. The fraction of sp³-hybridized carbons (Fsp3) is 0.263. The predicted octanol–water partition coefficient (Wildman–Crippen LogP) is 2.26. The lowest BCUT2D eigenvalue weighted by atomic mass is 10.0. The van der Waals surface area contributed by atoms with Crippen molar-refractivity contribution in [1.29, 1.82) is 5.26 Å². The van der Waals surface area contributed by atoms with Gasteiger partial charge in [0.1, 0.15) is 5.25 Å². The molecule has 8 heteroatoms. The Morgan fingerprint density at radius 1 is 1.19 bits per heavy atom. The Balaban J connectivity index is 1.82. The van der Waals surface area contributed by atoms with Crippen LogP contribution in [0.2, 0.25) is 0 Å². The molecule has 1 aliphatic carbocycles. The molecule has 1 fully saturated rings. The molecule has 0 unspecified atom stereocenters. The van der Waals surface area contributed by atoms with E-state index < -0.39 is 32.4 Å². The van der Waals surface area contributed by atoms with Crippen LogP contribution in [0.25, 0.3) is 0 Å². The van der Waals surface area contributed by atoms with E-state index in [1.54, 1.807) is 36.4 Å². The molecule has 1 heterocycles. The normalized spacial score (nSPS) is 25.6. The summed E-state index contributed by atoms with van der Waals surface area (Å²) in [5.41, 5.74) is -0.747. The van der Waals surface area contributed by atoms with Gasteiger partial charge in [-0.1, -0.05) is 23.8 Å². The molecule has 1 saturated carbocycles. The topological polar surface area (TPSA) is 114 Å². The van der Waals surface area contributed by atoms with Gasteiger partial charge >= 0.3 is 5.97 Å². The Hall–Kier alpha value is -3.05. The van der Waals surface area contributed by atoms with Crippen molar-refractivity contribution in [1.82, 2.24) is 0 Å². The number of hydrogen-bond acceptors (Lipinski definition) is 6. The van der Waals surface area contributed by atoms with Crippen LogP contribution in [0.1, 0.15) is 17.0 Å². The van der Waals surface area contributed by atoms with E-state index in [0.29, 0.717) is 17.1 Å². The molecule has 4 rings (SSSR count). The van der Waals surface area contributed by atoms with Crippen LogP contribution in [0.3, 0.4) is 0 Å². The van der Waals surface area contributed by atoms with Crippen molar-refractivity contribution in [3.05, 3.63) is 53.6 Å². The van der Waals surface area contributed by atoms with Crippen molar-refractivity contribution >= 4 is 15.8 Å². The number of benzene rings is 2. The van der Waals surface area contributed by atoms with E-state index in [-0.39, 0.29) is 11.7 Å². The zero-order chi connectivity index (χ0) is 19.4. The zero-order valence-electron chi connectivity index (χ0n) is 14.2. The first-order valence-corrected chi connectivity index (χ1v) is 9.72. The molecule has 7 nitrogen and oxygen atoms in total. The molecule has 2 aromatic carbocycles. The van der Waals surface area contributed by atoms with Gasteiger partial charge in [-0.3, -0.25) is 4.79 Å². The first kappa shape index (κ1) is 17.4. The summed E-state index contributed by atoms with van der Waals surface area (Å²) >= 11 is 0. The van der Waals surface area contributed by atoms with Crippen LogP contribution in [0.15, 0.2) is 47.4 Å². The number of carboxylic acid groups (broad SMARTS) is 1. The SMILES string of the molecule is Cc1ccc(S(=O)(=O)[C@@H]2[C@@H](c3ccc4c(c3)OCO4)[C@]2(C#N)C(=O)O)cc1. The van der Waals surface area contributed by atoms with Crippen LogP contribution < -0.4 is 9.47 Å². The van der Waals surface area contributed by atoms with Gasteiger partial charge in [0.2, 0.25) is 6.79 Å². The van der Waals surface area contributed by atoms with Crippen LogP contribution in [0, 0.1) is 23.7 Å². The summed E-state index contributed by atoms with van der Waals surface area (Å²) in [6.45, 7) is 1.86. The summed E-state index contributed by atoms with van der Waals surface area (Å²) in [7, 11) is -4.03. The Bertz CT molecular complexity index is 1090. The van der Waals surface area contributed by atoms with Gasteiger partial charge in [-0.25, -0.2) is 8.42 Å². The number of sulfone groups is 1. The van der Waals surface area contributed by atoms with Crippen molar-refractivity contribution in [2.24, 2.45) is 5.41 Å². The van der Waals surface area contributed by atoms with Crippen LogP contribution in [-0.2, 0) is 14.6 Å². The summed E-state index contributed by atoms with van der Waals surface area (Å²) in [6, 6.07) is 12.6. The van der Waals surface area contributed by atoms with E-state index in [4.69, 9.17) is 9.47 Å². The lowest BCUT2D eigenvalue weighted by Gasteiger charge is -2.05. The molecule has 0 bridgehead atoms. The van der Waals surface area contributed by atoms with Crippen LogP contribution in [0.4, 0.5) is 0 Å². The molecule has 27 heavy (non-hydrogen) atoms. The Morgan fingerprint density at radius 3 is 2.48 bits per heavy atom. The summed E-state index contributed by atoms with van der Waals surface area (Å²) < 4.78 is 36.8. The molecule has 2 aliphatic rings. The zero-order valence-corrected chi connectivity index (χ0v) is 15.1. The maximum Gasteiger partial charge on any atom is 0.326 e. The molecule has 0 aromatic heterocycles. The quantitative estimate of drug-likeness (QED) is 0.858. The molecular formula is C19H15NO6S. The molecule has 1 N–H and O–H groups in total. The van der Waals surface area contributed by atoms with Gasteiger partial charge in [-0.05, 0) is 36.8 Å². The molecule has 0 saturated heterocycles. The fourth-order valence-corrected chi connectivity index (χ4v) is 5.88. The molecule has 3 atom stereocenters. The standard InChI is InChI=1S/C19H15NO6S/c1-11-2-5-13(6-3-11)27(23,24)17-16(19(17,9-20)18(21)22)12-4-7-14-15(8-12)26-10-25-14/h2-8,16-17H,10H2,1H3,(H,21,22)/t16-,17-,19+/m1/s1. The number of fused-ring (bicyclic) bond motifs is 1. The predicted molar refractivity (Wildman–Crippen MR) is 93.1 cm³/mol. The fourth-order valence-electron chi connectivity index (χ4n) is 3.63. The third-order valence-electron chi connectivity index (χ3n) is 5.11. The first-order valence-electron chi connectivity index (χ1n) is 8.17. The van der Waals surface area contributed by atoms with E-state index in [1.807, 2.05) is 6.92 Å². The summed E-state index contributed by atoms with van der Waals surface area (Å²) in [5.74, 6) is -1.55. The van der Waals surface area contributed by atoms with Crippen LogP contribution >= 0.6 is 0 Å². The minimum absolute atomic E-state index is 0.00205. The number of hydrogen-bond donors (Lipinski definition) is 1. The first-order chi connectivity index (χ1) is 12.8. The molecular weight excluding hydrogens is 370 g/mol. The van der Waals surface area contributed by atoms with Crippen molar-refractivity contribution in [2.45, 2.75) is 23.0 Å². The minimum atomic E-state index is -4.03. The number of carboxylic acids is 1. The third-order valence-corrected chi connectivity index (χ3v) is 7.35. The maximum absolute atomic E-state index is 13.1. The number of aryl methyl sites for hydroxylation is 1. The van der Waals surface area contributed by atoms with Crippen molar-refractivity contribution < 1.29 is 27.8 Å². The van der Waals surface area contributed by atoms with Crippen LogP contribution in [-0.4, -0.2) is 31.5 Å². The van der Waals surface area contributed by atoms with E-state index in [2.05, 4.69) is 0 Å². The summed E-state index contributed by atoms with van der Waals surface area (Å²) in [6.07, 6.45) is 0. The molecule has 2 aromatic rings. The van der Waals surface area contributed by atoms with E-state index in [1.165, 1.54) is 12.1 Å². The van der Waals surface area contributed by atoms with E-state index in [9.17, 15) is 23.6 Å². The largest absolute Gasteiger partial charge is 0.480 e. The highest BCUT2D eigenvalue weighted by molar-refractivity contribution is 7.92. The second kappa shape index (κ2) is 5.72. The Kier molecular flexibility index (Phi) is 3.68. The number of carbonyl (C=O) groups is 1. The molecule has 0 radical (unpaired) electrons. The summed E-state index contributed by atoms with van der Waals surface area (Å²) in [5, 5.41) is 18.0. The van der Waals surface area contributed by atoms with Crippen molar-refractivity contribution in [2.75, 3.05) is 6.79 Å². The lowest BCUT2D eigenvalue weighted by Crippen LogP contribution is -2.22. The van der Waals surface area contributed by atoms with Gasteiger partial charge in [-0.15, -0.1) is 0 Å². The third kappa shape index (κ3) is 2.39. The second-order valence-electron chi connectivity index (χ2n) is 6.66. The van der Waals surface area contributed by atoms with Crippen LogP contribution in [0.5, 0.6) is 11.5 Å². The molecule has 1 aliphatic heterocycles. The van der Waals surface area contributed by atoms with Gasteiger partial charge in [0, 0.05) is 5.92 Å².